The van der Waals surface area contributed by atoms with Crippen molar-refractivity contribution < 1.29 is 4.39 Å². The predicted molar refractivity (Wildman–Crippen MR) is 54.5 cm³/mol. The third-order valence-corrected chi connectivity index (χ3v) is 1.87. The van der Waals surface area contributed by atoms with Gasteiger partial charge in [-0.1, -0.05) is 39.4 Å². The van der Waals surface area contributed by atoms with Crippen molar-refractivity contribution >= 4 is 27.5 Å². The molecule has 0 amide bonds. The SMILES string of the molecule is Fc1cnc(Cl)cc1C#CCCBr. The van der Waals surface area contributed by atoms with Gasteiger partial charge in [0.1, 0.15) is 5.15 Å². The minimum absolute atomic E-state index is 0.254. The molecule has 0 N–H and O–H groups in total. The van der Waals surface area contributed by atoms with Crippen LogP contribution in [0.15, 0.2) is 12.3 Å². The van der Waals surface area contributed by atoms with E-state index in [4.69, 9.17) is 11.6 Å². The van der Waals surface area contributed by atoms with Gasteiger partial charge in [0.2, 0.25) is 0 Å². The zero-order chi connectivity index (χ0) is 9.68. The van der Waals surface area contributed by atoms with E-state index >= 15 is 0 Å². The second-order valence-corrected chi connectivity index (χ2v) is 3.41. The van der Waals surface area contributed by atoms with Crippen molar-refractivity contribution in [2.45, 2.75) is 6.42 Å². The molecule has 0 aromatic carbocycles. The van der Waals surface area contributed by atoms with Gasteiger partial charge in [0, 0.05) is 11.8 Å². The molecule has 0 unspecified atom stereocenters. The summed E-state index contributed by atoms with van der Waals surface area (Å²) in [5.74, 6) is 5.03. The highest BCUT2D eigenvalue weighted by atomic mass is 79.9. The number of aromatic nitrogens is 1. The lowest BCUT2D eigenvalue weighted by atomic mass is 10.2. The van der Waals surface area contributed by atoms with Gasteiger partial charge >= 0.3 is 0 Å². The summed E-state index contributed by atoms with van der Waals surface area (Å²) in [4.78, 5) is 3.58. The molecule has 0 bridgehead atoms. The van der Waals surface area contributed by atoms with Gasteiger partial charge in [0.05, 0.1) is 11.8 Å². The van der Waals surface area contributed by atoms with Gasteiger partial charge in [-0.15, -0.1) is 0 Å². The number of alkyl halides is 1. The van der Waals surface area contributed by atoms with Gasteiger partial charge in [-0.3, -0.25) is 0 Å². The van der Waals surface area contributed by atoms with E-state index in [9.17, 15) is 4.39 Å². The van der Waals surface area contributed by atoms with E-state index in [-0.39, 0.29) is 5.15 Å². The number of pyridine rings is 1. The summed E-state index contributed by atoms with van der Waals surface area (Å²) >= 11 is 8.80. The molecule has 13 heavy (non-hydrogen) atoms. The highest BCUT2D eigenvalue weighted by molar-refractivity contribution is 9.09. The molecule has 0 fully saturated rings. The first-order chi connectivity index (χ1) is 6.24. The Balaban J connectivity index is 2.89. The van der Waals surface area contributed by atoms with Crippen LogP contribution in [0.1, 0.15) is 12.0 Å². The maximum Gasteiger partial charge on any atom is 0.157 e. The molecule has 68 valence electrons. The summed E-state index contributed by atoms with van der Waals surface area (Å²) in [6.07, 6.45) is 1.75. The summed E-state index contributed by atoms with van der Waals surface area (Å²) in [6.45, 7) is 0. The lowest BCUT2D eigenvalue weighted by Crippen LogP contribution is -1.86. The molecule has 1 nitrogen and oxygen atoms in total. The van der Waals surface area contributed by atoms with E-state index in [1.807, 2.05) is 0 Å². The van der Waals surface area contributed by atoms with Crippen LogP contribution in [0.3, 0.4) is 0 Å². The highest BCUT2D eigenvalue weighted by Gasteiger charge is 1.99. The molecule has 1 rings (SSSR count). The number of hydrogen-bond donors (Lipinski definition) is 0. The Morgan fingerprint density at radius 2 is 2.38 bits per heavy atom. The Morgan fingerprint density at radius 3 is 3.08 bits per heavy atom. The Labute approximate surface area is 89.4 Å². The number of halogens is 3. The summed E-state index contributed by atoms with van der Waals surface area (Å²) < 4.78 is 13.0. The fraction of sp³-hybridized carbons (Fsp3) is 0.222. The number of rotatable bonds is 1. The van der Waals surface area contributed by atoms with Gasteiger partial charge in [0.25, 0.3) is 0 Å². The van der Waals surface area contributed by atoms with Gasteiger partial charge in [-0.2, -0.15) is 0 Å². The monoisotopic (exact) mass is 261 g/mol. The van der Waals surface area contributed by atoms with Crippen LogP contribution in [0.4, 0.5) is 4.39 Å². The first kappa shape index (κ1) is 10.5. The van der Waals surface area contributed by atoms with Crippen LogP contribution in [0.5, 0.6) is 0 Å². The summed E-state index contributed by atoms with van der Waals surface area (Å²) in [5.41, 5.74) is 0.293. The molecule has 1 aromatic heterocycles. The van der Waals surface area contributed by atoms with Crippen LogP contribution in [-0.4, -0.2) is 10.3 Å². The molecule has 0 saturated heterocycles. The zero-order valence-corrected chi connectivity index (χ0v) is 8.99. The van der Waals surface area contributed by atoms with Crippen LogP contribution in [0.25, 0.3) is 0 Å². The predicted octanol–water partition coefficient (Wildman–Crippen LogP) is 3.01. The van der Waals surface area contributed by atoms with E-state index in [0.717, 1.165) is 11.5 Å². The van der Waals surface area contributed by atoms with Crippen molar-refractivity contribution in [2.24, 2.45) is 0 Å². The second kappa shape index (κ2) is 5.21. The van der Waals surface area contributed by atoms with E-state index in [1.165, 1.54) is 6.07 Å². The molecule has 0 spiro atoms. The molecular formula is C9H6BrClFN. The molecule has 0 saturated carbocycles. The summed E-state index contributed by atoms with van der Waals surface area (Å²) in [5, 5.41) is 1.03. The van der Waals surface area contributed by atoms with E-state index in [2.05, 4.69) is 32.8 Å². The fourth-order valence-corrected chi connectivity index (χ4v) is 1.07. The maximum atomic E-state index is 13.0. The second-order valence-electron chi connectivity index (χ2n) is 2.23. The summed E-state index contributed by atoms with van der Waals surface area (Å²) in [7, 11) is 0. The first-order valence-electron chi connectivity index (χ1n) is 3.60. The highest BCUT2D eigenvalue weighted by Crippen LogP contribution is 2.10. The van der Waals surface area contributed by atoms with Crippen molar-refractivity contribution in [1.82, 2.24) is 4.98 Å². The fourth-order valence-electron chi connectivity index (χ4n) is 0.714. The molecule has 0 atom stereocenters. The Bertz CT molecular complexity index is 356. The van der Waals surface area contributed by atoms with Crippen molar-refractivity contribution in [3.8, 4) is 11.8 Å². The normalized spacial score (nSPS) is 9.15. The quantitative estimate of drug-likeness (QED) is 0.431. The maximum absolute atomic E-state index is 13.0. The van der Waals surface area contributed by atoms with E-state index < -0.39 is 5.82 Å². The Hall–Kier alpha value is -0.590. The van der Waals surface area contributed by atoms with Gasteiger partial charge in [-0.25, -0.2) is 9.37 Å². The molecule has 4 heteroatoms. The van der Waals surface area contributed by atoms with Gasteiger partial charge < -0.3 is 0 Å². The summed E-state index contributed by atoms with van der Waals surface area (Å²) in [6, 6.07) is 1.41. The standard InChI is InChI=1S/C9H6BrClFN/c10-4-2-1-3-7-5-9(11)13-6-8(7)12/h5-6H,2,4H2. The minimum Gasteiger partial charge on any atom is -0.241 e. The topological polar surface area (TPSA) is 12.9 Å². The lowest BCUT2D eigenvalue weighted by molar-refractivity contribution is 0.618. The largest absolute Gasteiger partial charge is 0.241 e. The van der Waals surface area contributed by atoms with Gasteiger partial charge in [0.15, 0.2) is 5.82 Å². The Kier molecular flexibility index (Phi) is 4.20. The van der Waals surface area contributed by atoms with Crippen molar-refractivity contribution in [3.63, 3.8) is 0 Å². The van der Waals surface area contributed by atoms with Crippen LogP contribution in [-0.2, 0) is 0 Å². The smallest absolute Gasteiger partial charge is 0.157 e. The molecule has 0 aliphatic rings. The van der Waals surface area contributed by atoms with Gasteiger partial charge in [-0.05, 0) is 6.07 Å². The number of nitrogens with zero attached hydrogens (tertiary/aromatic N) is 1. The minimum atomic E-state index is -0.438. The third-order valence-electron chi connectivity index (χ3n) is 1.26. The molecule has 0 radical (unpaired) electrons. The first-order valence-corrected chi connectivity index (χ1v) is 5.10. The van der Waals surface area contributed by atoms with Crippen LogP contribution in [0, 0.1) is 17.7 Å². The van der Waals surface area contributed by atoms with Crippen molar-refractivity contribution in [3.05, 3.63) is 28.8 Å². The van der Waals surface area contributed by atoms with Crippen LogP contribution in [0.2, 0.25) is 5.15 Å². The molecule has 0 aliphatic carbocycles. The average molecular weight is 263 g/mol. The third kappa shape index (κ3) is 3.33. The van der Waals surface area contributed by atoms with Crippen molar-refractivity contribution in [2.75, 3.05) is 5.33 Å². The zero-order valence-electron chi connectivity index (χ0n) is 6.65. The molecular weight excluding hydrogens is 256 g/mol. The van der Waals surface area contributed by atoms with Crippen LogP contribution < -0.4 is 0 Å². The lowest BCUT2D eigenvalue weighted by Gasteiger charge is -1.93. The Morgan fingerprint density at radius 1 is 1.62 bits per heavy atom. The number of hydrogen-bond acceptors (Lipinski definition) is 1. The van der Waals surface area contributed by atoms with E-state index in [1.54, 1.807) is 0 Å². The average Bonchev–Trinajstić information content (AvgIpc) is 2.11. The molecule has 1 heterocycles. The molecule has 0 aliphatic heterocycles. The van der Waals surface area contributed by atoms with Crippen molar-refractivity contribution in [1.29, 1.82) is 0 Å². The van der Waals surface area contributed by atoms with Crippen LogP contribution >= 0.6 is 27.5 Å². The van der Waals surface area contributed by atoms with E-state index in [0.29, 0.717) is 12.0 Å². The molecule has 1 aromatic rings.